The molecule has 3 N–H and O–H groups in total. The Balaban J connectivity index is 1.20. The van der Waals surface area contributed by atoms with Crippen molar-refractivity contribution in [1.82, 2.24) is 30.8 Å². The van der Waals surface area contributed by atoms with Crippen molar-refractivity contribution in [1.29, 1.82) is 0 Å². The van der Waals surface area contributed by atoms with Crippen LogP contribution in [0, 0.1) is 6.92 Å². The molecule has 6 rings (SSSR count). The molecule has 188 valence electrons. The molecule has 0 spiro atoms. The number of nitrogens with zero attached hydrogens (tertiary/aromatic N) is 4. The number of morpholine rings is 1. The number of rotatable bonds is 6. The van der Waals surface area contributed by atoms with Crippen LogP contribution in [0.4, 0.5) is 10.5 Å². The first-order chi connectivity index (χ1) is 18.1. The first kappa shape index (κ1) is 22.9. The van der Waals surface area contributed by atoms with Gasteiger partial charge in [-0.25, -0.2) is 9.80 Å². The molecule has 12 nitrogen and oxygen atoms in total. The summed E-state index contributed by atoms with van der Waals surface area (Å²) in [5, 5.41) is 15.8. The summed E-state index contributed by atoms with van der Waals surface area (Å²) in [6.07, 6.45) is 0. The third-order valence-electron chi connectivity index (χ3n) is 6.13. The Labute approximate surface area is 210 Å². The van der Waals surface area contributed by atoms with Crippen LogP contribution in [0.25, 0.3) is 22.5 Å². The van der Waals surface area contributed by atoms with Crippen LogP contribution in [0.1, 0.15) is 27.6 Å². The standard InChI is InChI=1S/C25H23N7O5/c1-14-26-19(37-31-14)13-36-16-7-5-15(6-8-16)22-21-23(29-28-22)17-3-2-4-18(20(17)24(21)33)27-25(34)30-32-9-11-35-12-10-32/h2-8H,9-13H2,1H3,(H,28,29)(H2,27,30,34). The number of H-pyrrole nitrogens is 1. The fourth-order valence-electron chi connectivity index (χ4n) is 4.42. The molecule has 2 aliphatic rings. The number of fused-ring (bicyclic) bond motifs is 3. The van der Waals surface area contributed by atoms with Gasteiger partial charge >= 0.3 is 6.03 Å². The number of aromatic amines is 1. The van der Waals surface area contributed by atoms with Crippen molar-refractivity contribution in [3.05, 3.63) is 65.3 Å². The van der Waals surface area contributed by atoms with E-state index in [0.717, 1.165) is 5.56 Å². The second kappa shape index (κ2) is 9.48. The van der Waals surface area contributed by atoms with E-state index in [1.54, 1.807) is 36.2 Å². The van der Waals surface area contributed by atoms with Crippen molar-refractivity contribution in [2.75, 3.05) is 31.6 Å². The first-order valence-corrected chi connectivity index (χ1v) is 11.8. The lowest BCUT2D eigenvalue weighted by atomic mass is 10.0. The Morgan fingerprint density at radius 2 is 1.95 bits per heavy atom. The maximum Gasteiger partial charge on any atom is 0.333 e. The minimum atomic E-state index is -0.414. The van der Waals surface area contributed by atoms with E-state index in [1.807, 2.05) is 18.2 Å². The quantitative estimate of drug-likeness (QED) is 0.319. The molecule has 0 unspecified atom stereocenters. The predicted molar refractivity (Wildman–Crippen MR) is 131 cm³/mol. The van der Waals surface area contributed by atoms with Crippen molar-refractivity contribution in [2.24, 2.45) is 0 Å². The number of nitrogens with one attached hydrogen (secondary N) is 3. The first-order valence-electron chi connectivity index (χ1n) is 11.8. The highest BCUT2D eigenvalue weighted by Crippen LogP contribution is 2.43. The molecule has 2 aromatic heterocycles. The van der Waals surface area contributed by atoms with Crippen LogP contribution in [0.2, 0.25) is 0 Å². The van der Waals surface area contributed by atoms with Crippen LogP contribution in [-0.4, -0.2) is 63.5 Å². The minimum absolute atomic E-state index is 0.153. The summed E-state index contributed by atoms with van der Waals surface area (Å²) in [5.74, 6) is 1.34. The van der Waals surface area contributed by atoms with Gasteiger partial charge in [0.2, 0.25) is 0 Å². The van der Waals surface area contributed by atoms with Crippen molar-refractivity contribution < 1.29 is 23.6 Å². The Hall–Kier alpha value is -4.55. The summed E-state index contributed by atoms with van der Waals surface area (Å²) in [4.78, 5) is 30.3. The number of carbonyl (C=O) groups excluding carboxylic acids is 2. The molecule has 2 aromatic carbocycles. The van der Waals surface area contributed by atoms with Crippen LogP contribution >= 0.6 is 0 Å². The molecule has 0 saturated carbocycles. The molecular formula is C25H23N7O5. The summed E-state index contributed by atoms with van der Waals surface area (Å²) in [6, 6.07) is 12.2. The maximum absolute atomic E-state index is 13.6. The normalized spacial score (nSPS) is 14.8. The number of ether oxygens (including phenoxy) is 2. The van der Waals surface area contributed by atoms with Gasteiger partial charge in [0.15, 0.2) is 18.2 Å². The molecule has 3 heterocycles. The fourth-order valence-corrected chi connectivity index (χ4v) is 4.42. The van der Waals surface area contributed by atoms with Crippen LogP contribution in [0.5, 0.6) is 5.75 Å². The Kier molecular flexibility index (Phi) is 5.87. The lowest BCUT2D eigenvalue weighted by molar-refractivity contribution is 0.0207. The number of hydrazine groups is 1. The monoisotopic (exact) mass is 501 g/mol. The summed E-state index contributed by atoms with van der Waals surface area (Å²) >= 11 is 0. The van der Waals surface area contributed by atoms with Gasteiger partial charge in [-0.05, 0) is 37.3 Å². The topological polar surface area (TPSA) is 148 Å². The van der Waals surface area contributed by atoms with E-state index in [1.165, 1.54) is 0 Å². The second-order valence-corrected chi connectivity index (χ2v) is 8.59. The second-order valence-electron chi connectivity index (χ2n) is 8.59. The maximum atomic E-state index is 13.6. The largest absolute Gasteiger partial charge is 0.484 e. The molecular weight excluding hydrogens is 478 g/mol. The zero-order chi connectivity index (χ0) is 25.4. The molecule has 37 heavy (non-hydrogen) atoms. The van der Waals surface area contributed by atoms with Crippen LogP contribution in [-0.2, 0) is 11.3 Å². The zero-order valence-corrected chi connectivity index (χ0v) is 19.9. The molecule has 12 heteroatoms. The van der Waals surface area contributed by atoms with Crippen LogP contribution in [0.15, 0.2) is 47.0 Å². The van der Waals surface area contributed by atoms with Crippen LogP contribution < -0.4 is 15.5 Å². The van der Waals surface area contributed by atoms with E-state index >= 15 is 0 Å². The number of hydrogen-bond donors (Lipinski definition) is 3. The molecule has 4 aromatic rings. The highest BCUT2D eigenvalue weighted by atomic mass is 16.5. The smallest absolute Gasteiger partial charge is 0.333 e. The minimum Gasteiger partial charge on any atom is -0.484 e. The van der Waals surface area contributed by atoms with Gasteiger partial charge in [0, 0.05) is 24.2 Å². The molecule has 1 aliphatic heterocycles. The number of amides is 2. The Bertz CT molecular complexity index is 1470. The number of benzene rings is 2. The van der Waals surface area contributed by atoms with E-state index in [4.69, 9.17) is 14.0 Å². The highest BCUT2D eigenvalue weighted by molar-refractivity contribution is 6.26. The van der Waals surface area contributed by atoms with Crippen molar-refractivity contribution in [2.45, 2.75) is 13.5 Å². The third-order valence-corrected chi connectivity index (χ3v) is 6.13. The lowest BCUT2D eigenvalue weighted by Crippen LogP contribution is -2.49. The number of anilines is 1. The van der Waals surface area contributed by atoms with E-state index in [2.05, 4.69) is 31.1 Å². The third kappa shape index (κ3) is 4.43. The zero-order valence-electron chi connectivity index (χ0n) is 19.9. The van der Waals surface area contributed by atoms with E-state index < -0.39 is 6.03 Å². The van der Waals surface area contributed by atoms with Gasteiger partial charge in [-0.2, -0.15) is 10.1 Å². The lowest BCUT2D eigenvalue weighted by Gasteiger charge is -2.27. The average molecular weight is 502 g/mol. The van der Waals surface area contributed by atoms with Crippen molar-refractivity contribution >= 4 is 17.5 Å². The Morgan fingerprint density at radius 3 is 2.70 bits per heavy atom. The molecule has 1 saturated heterocycles. The molecule has 0 radical (unpaired) electrons. The van der Waals surface area contributed by atoms with Gasteiger partial charge in [0.1, 0.15) is 11.4 Å². The summed E-state index contributed by atoms with van der Waals surface area (Å²) in [5.41, 5.74) is 6.72. The van der Waals surface area contributed by atoms with Gasteiger partial charge in [-0.3, -0.25) is 15.3 Å². The molecule has 1 aliphatic carbocycles. The van der Waals surface area contributed by atoms with Crippen molar-refractivity contribution in [3.8, 4) is 28.3 Å². The number of aryl methyl sites for hydroxylation is 1. The predicted octanol–water partition coefficient (Wildman–Crippen LogP) is 2.93. The van der Waals surface area contributed by atoms with Gasteiger partial charge in [-0.1, -0.05) is 17.3 Å². The molecule has 1 fully saturated rings. The molecule has 2 amide bonds. The van der Waals surface area contributed by atoms with Gasteiger partial charge in [0.05, 0.1) is 35.7 Å². The van der Waals surface area contributed by atoms with E-state index in [-0.39, 0.29) is 12.4 Å². The Morgan fingerprint density at radius 1 is 1.14 bits per heavy atom. The number of ketones is 1. The van der Waals surface area contributed by atoms with Gasteiger partial charge < -0.3 is 19.3 Å². The molecule has 0 bridgehead atoms. The van der Waals surface area contributed by atoms with Crippen LogP contribution in [0.3, 0.4) is 0 Å². The fraction of sp³-hybridized carbons (Fsp3) is 0.240. The highest BCUT2D eigenvalue weighted by Gasteiger charge is 2.35. The van der Waals surface area contributed by atoms with E-state index in [9.17, 15) is 9.59 Å². The van der Waals surface area contributed by atoms with Crippen molar-refractivity contribution in [3.63, 3.8) is 0 Å². The van der Waals surface area contributed by atoms with Gasteiger partial charge in [-0.15, -0.1) is 0 Å². The van der Waals surface area contributed by atoms with Gasteiger partial charge in [0.25, 0.3) is 5.89 Å². The number of carbonyl (C=O) groups is 2. The average Bonchev–Trinajstić information content (AvgIpc) is 3.60. The number of aromatic nitrogens is 4. The summed E-state index contributed by atoms with van der Waals surface area (Å²) in [7, 11) is 0. The molecule has 0 atom stereocenters. The summed E-state index contributed by atoms with van der Waals surface area (Å²) in [6.45, 7) is 4.19. The number of urea groups is 1. The SMILES string of the molecule is Cc1noc(COc2ccc(-c3n[nH]c4c3C(=O)c3c(NC(=O)NN5CCOCC5)cccc3-4)cc2)n1. The number of hydrogen-bond acceptors (Lipinski definition) is 9. The van der Waals surface area contributed by atoms with E-state index in [0.29, 0.717) is 77.5 Å². The summed E-state index contributed by atoms with van der Waals surface area (Å²) < 4.78 is 16.1.